The number of morpholine rings is 1. The molecule has 3 aromatic rings. The molecule has 1 atom stereocenters. The van der Waals surface area contributed by atoms with Crippen LogP contribution in [0.25, 0.3) is 5.69 Å². The van der Waals surface area contributed by atoms with Crippen LogP contribution >= 0.6 is 23.4 Å². The minimum Gasteiger partial charge on any atom is -0.481 e. The number of hydrogen-bond acceptors (Lipinski definition) is 7. The minimum absolute atomic E-state index is 0.109. The molecule has 0 saturated carbocycles. The molecule has 11 heteroatoms. The molecule has 1 fully saturated rings. The summed E-state index contributed by atoms with van der Waals surface area (Å²) in [6, 6.07) is 11.2. The fourth-order valence-electron chi connectivity index (χ4n) is 4.41. The topological polar surface area (TPSA) is 92.8 Å². The zero-order valence-corrected chi connectivity index (χ0v) is 21.0. The van der Waals surface area contributed by atoms with E-state index in [0.29, 0.717) is 32.8 Å². The predicted octanol–water partition coefficient (Wildman–Crippen LogP) is 4.24. The second-order valence-corrected chi connectivity index (χ2v) is 10.0. The van der Waals surface area contributed by atoms with Crippen LogP contribution in [0.2, 0.25) is 5.02 Å². The van der Waals surface area contributed by atoms with E-state index in [9.17, 15) is 14.3 Å². The Hall–Kier alpha value is -2.79. The van der Waals surface area contributed by atoms with Gasteiger partial charge in [-0.25, -0.2) is 4.39 Å². The zero-order valence-electron chi connectivity index (χ0n) is 19.4. The summed E-state index contributed by atoms with van der Waals surface area (Å²) in [6.07, 6.45) is 0.0910. The molecule has 1 aromatic heterocycles. The number of carboxylic acid groups (broad SMARTS) is 1. The molecule has 1 saturated heterocycles. The van der Waals surface area contributed by atoms with Crippen LogP contribution < -0.4 is 0 Å². The van der Waals surface area contributed by atoms with Crippen LogP contribution in [0.1, 0.15) is 35.8 Å². The maximum Gasteiger partial charge on any atom is 0.303 e. The number of aliphatic imine (C=N–C) groups is 1. The van der Waals surface area contributed by atoms with Gasteiger partial charge in [-0.1, -0.05) is 35.5 Å². The lowest BCUT2D eigenvalue weighted by Crippen LogP contribution is -2.37. The summed E-state index contributed by atoms with van der Waals surface area (Å²) in [7, 11) is 0. The van der Waals surface area contributed by atoms with Gasteiger partial charge in [0.2, 0.25) is 0 Å². The van der Waals surface area contributed by atoms with E-state index in [0.717, 1.165) is 44.3 Å². The number of hydrogen-bond donors (Lipinski definition) is 1. The van der Waals surface area contributed by atoms with E-state index < -0.39 is 17.8 Å². The average Bonchev–Trinajstić information content (AvgIpc) is 3.23. The first-order valence-electron chi connectivity index (χ1n) is 11.7. The van der Waals surface area contributed by atoms with Gasteiger partial charge >= 0.3 is 5.97 Å². The summed E-state index contributed by atoms with van der Waals surface area (Å²) in [5, 5.41) is 19.4. The molecule has 3 heterocycles. The van der Waals surface area contributed by atoms with Crippen LogP contribution in [-0.4, -0.2) is 75.1 Å². The highest BCUT2D eigenvalue weighted by Crippen LogP contribution is 2.36. The Bertz CT molecular complexity index is 1290. The predicted molar refractivity (Wildman–Crippen MR) is 136 cm³/mol. The molecule has 5 rings (SSSR count). The van der Waals surface area contributed by atoms with Crippen molar-refractivity contribution in [3.8, 4) is 5.69 Å². The van der Waals surface area contributed by atoms with Crippen molar-refractivity contribution in [2.45, 2.75) is 24.0 Å². The van der Waals surface area contributed by atoms with Crippen LogP contribution in [0.15, 0.2) is 52.6 Å². The standard InChI is InChI=1S/C25H25ClFN5O3S/c26-16-5-7-21-18(15-16)23(17-3-1-2-4-19(17)27)28-20(6-8-22(33)34)24-29-30-25(32(21)24)36-14-11-31-9-12-35-13-10-31/h1-5,7,15,20H,6,8-14H2,(H,33,34)/t20-/m0/s1. The molecule has 1 N–H and O–H groups in total. The Labute approximate surface area is 217 Å². The number of ether oxygens (including phenoxy) is 1. The van der Waals surface area contributed by atoms with E-state index in [-0.39, 0.29) is 12.8 Å². The van der Waals surface area contributed by atoms with Crippen LogP contribution in [0.5, 0.6) is 0 Å². The summed E-state index contributed by atoms with van der Waals surface area (Å²) in [5.74, 6) is -0.0346. The van der Waals surface area contributed by atoms with Crippen molar-refractivity contribution in [3.63, 3.8) is 0 Å². The largest absolute Gasteiger partial charge is 0.481 e. The van der Waals surface area contributed by atoms with Gasteiger partial charge in [-0.05, 0) is 36.8 Å². The summed E-state index contributed by atoms with van der Waals surface area (Å²) in [5.41, 5.74) is 2.10. The van der Waals surface area contributed by atoms with Gasteiger partial charge in [0, 0.05) is 48.0 Å². The van der Waals surface area contributed by atoms with Crippen molar-refractivity contribution in [3.05, 3.63) is 70.3 Å². The Morgan fingerprint density at radius 1 is 1.17 bits per heavy atom. The molecule has 2 aromatic carbocycles. The molecule has 0 bridgehead atoms. The van der Waals surface area contributed by atoms with E-state index in [1.165, 1.54) is 6.07 Å². The van der Waals surface area contributed by atoms with Crippen LogP contribution in [-0.2, 0) is 9.53 Å². The van der Waals surface area contributed by atoms with Crippen molar-refractivity contribution < 1.29 is 19.0 Å². The SMILES string of the molecule is O=C(O)CC[C@@H]1N=C(c2ccccc2F)c2cc(Cl)ccc2-n2c(SCCN3CCOCC3)nnc21. The molecule has 2 aliphatic heterocycles. The van der Waals surface area contributed by atoms with E-state index >= 15 is 0 Å². The molecule has 0 spiro atoms. The van der Waals surface area contributed by atoms with Crippen LogP contribution in [0.4, 0.5) is 4.39 Å². The zero-order chi connectivity index (χ0) is 25.1. The van der Waals surface area contributed by atoms with Crippen molar-refractivity contribution in [2.24, 2.45) is 4.99 Å². The molecule has 36 heavy (non-hydrogen) atoms. The van der Waals surface area contributed by atoms with Crippen LogP contribution in [0, 0.1) is 5.82 Å². The molecule has 0 unspecified atom stereocenters. The van der Waals surface area contributed by atoms with Crippen molar-refractivity contribution in [2.75, 3.05) is 38.6 Å². The number of thioether (sulfide) groups is 1. The molecular weight excluding hydrogens is 505 g/mol. The van der Waals surface area contributed by atoms with Gasteiger partial charge in [0.15, 0.2) is 11.0 Å². The number of carboxylic acids is 1. The Balaban J connectivity index is 1.57. The van der Waals surface area contributed by atoms with Gasteiger partial charge in [0.25, 0.3) is 0 Å². The van der Waals surface area contributed by atoms with Gasteiger partial charge in [0.1, 0.15) is 11.9 Å². The summed E-state index contributed by atoms with van der Waals surface area (Å²) >= 11 is 7.96. The van der Waals surface area contributed by atoms with Gasteiger partial charge < -0.3 is 9.84 Å². The van der Waals surface area contributed by atoms with E-state index in [1.807, 2.05) is 10.6 Å². The molecular formula is C25H25ClFN5O3S. The Morgan fingerprint density at radius 3 is 2.75 bits per heavy atom. The smallest absolute Gasteiger partial charge is 0.303 e. The third-order valence-corrected chi connectivity index (χ3v) is 7.34. The number of carbonyl (C=O) groups is 1. The highest BCUT2D eigenvalue weighted by molar-refractivity contribution is 7.99. The third kappa shape index (κ3) is 5.31. The van der Waals surface area contributed by atoms with E-state index in [4.69, 9.17) is 21.3 Å². The van der Waals surface area contributed by atoms with Gasteiger partial charge in [-0.2, -0.15) is 0 Å². The quantitative estimate of drug-likeness (QED) is 0.436. The van der Waals surface area contributed by atoms with Crippen molar-refractivity contribution in [1.29, 1.82) is 0 Å². The van der Waals surface area contributed by atoms with Crippen molar-refractivity contribution in [1.82, 2.24) is 19.7 Å². The lowest BCUT2D eigenvalue weighted by atomic mass is 10.00. The molecule has 0 aliphatic carbocycles. The number of fused-ring (bicyclic) bond motifs is 3. The number of aliphatic carboxylic acids is 1. The molecule has 0 radical (unpaired) electrons. The van der Waals surface area contributed by atoms with Crippen LogP contribution in [0.3, 0.4) is 0 Å². The fourth-order valence-corrected chi connectivity index (χ4v) is 5.53. The second kappa shape index (κ2) is 11.1. The Kier molecular flexibility index (Phi) is 7.66. The monoisotopic (exact) mass is 529 g/mol. The second-order valence-electron chi connectivity index (χ2n) is 8.55. The van der Waals surface area contributed by atoms with Gasteiger partial charge in [-0.3, -0.25) is 19.3 Å². The maximum absolute atomic E-state index is 15.0. The summed E-state index contributed by atoms with van der Waals surface area (Å²) in [4.78, 5) is 18.6. The first-order valence-corrected chi connectivity index (χ1v) is 13.1. The third-order valence-electron chi connectivity index (χ3n) is 6.20. The molecule has 0 amide bonds. The molecule has 2 aliphatic rings. The molecule has 188 valence electrons. The minimum atomic E-state index is -0.936. The summed E-state index contributed by atoms with van der Waals surface area (Å²) < 4.78 is 22.3. The molecule has 8 nitrogen and oxygen atoms in total. The highest BCUT2D eigenvalue weighted by atomic mass is 35.5. The normalized spacial score (nSPS) is 17.7. The number of nitrogens with zero attached hydrogens (tertiary/aromatic N) is 5. The lowest BCUT2D eigenvalue weighted by molar-refractivity contribution is -0.137. The van der Waals surface area contributed by atoms with Crippen molar-refractivity contribution >= 4 is 35.0 Å². The maximum atomic E-state index is 15.0. The van der Waals surface area contributed by atoms with E-state index in [1.54, 1.807) is 42.1 Å². The lowest BCUT2D eigenvalue weighted by Gasteiger charge is -2.26. The van der Waals surface area contributed by atoms with Gasteiger partial charge in [0.05, 0.1) is 24.6 Å². The van der Waals surface area contributed by atoms with E-state index in [2.05, 4.69) is 15.1 Å². The summed E-state index contributed by atoms with van der Waals surface area (Å²) in [6.45, 7) is 4.15. The Morgan fingerprint density at radius 2 is 1.97 bits per heavy atom. The number of halogens is 2. The first-order chi connectivity index (χ1) is 17.5. The highest BCUT2D eigenvalue weighted by Gasteiger charge is 2.30. The number of benzene rings is 2. The fraction of sp³-hybridized carbons (Fsp3) is 0.360. The van der Waals surface area contributed by atoms with Gasteiger partial charge in [-0.15, -0.1) is 10.2 Å². The number of aromatic nitrogens is 3. The average molecular weight is 530 g/mol. The number of rotatable bonds is 8. The first kappa shape index (κ1) is 24.9.